The molecule has 1 aromatic rings. The fraction of sp³-hybridized carbons (Fsp3) is 0.400. The Morgan fingerprint density at radius 2 is 1.87 bits per heavy atom. The first-order valence-electron chi connectivity index (χ1n) is 4.68. The molecule has 0 heterocycles. The van der Waals surface area contributed by atoms with Gasteiger partial charge in [0.25, 0.3) is 0 Å². The molecule has 0 atom stereocenters. The Kier molecular flexibility index (Phi) is 4.23. The molecule has 5 heteroatoms. The predicted molar refractivity (Wildman–Crippen MR) is 57.0 cm³/mol. The Hall–Kier alpha value is -0.940. The van der Waals surface area contributed by atoms with Crippen LogP contribution in [0.25, 0.3) is 0 Å². The molecule has 1 N–H and O–H groups in total. The lowest BCUT2D eigenvalue weighted by Crippen LogP contribution is -2.25. The van der Waals surface area contributed by atoms with E-state index in [9.17, 15) is 12.8 Å². The van der Waals surface area contributed by atoms with Crippen LogP contribution in [-0.4, -0.2) is 21.6 Å². The minimum absolute atomic E-state index is 0.132. The summed E-state index contributed by atoms with van der Waals surface area (Å²) in [7, 11) is -3.47. The van der Waals surface area contributed by atoms with Crippen LogP contribution in [0.5, 0.6) is 0 Å². The van der Waals surface area contributed by atoms with Gasteiger partial charge >= 0.3 is 0 Å². The van der Waals surface area contributed by atoms with Gasteiger partial charge in [-0.1, -0.05) is 17.7 Å². The van der Waals surface area contributed by atoms with E-state index in [2.05, 4.69) is 4.72 Å². The minimum atomic E-state index is -3.47. The molecular formula is C10H14FNO2S. The number of hydrogen-bond acceptors (Lipinski definition) is 2. The van der Waals surface area contributed by atoms with E-state index in [1.54, 1.807) is 12.1 Å². The third-order valence-corrected chi connectivity index (χ3v) is 3.41. The molecule has 0 bridgehead atoms. The largest absolute Gasteiger partial charge is 0.251 e. The second kappa shape index (κ2) is 5.23. The number of rotatable bonds is 5. The van der Waals surface area contributed by atoms with Crippen molar-refractivity contribution in [2.75, 3.05) is 13.2 Å². The summed E-state index contributed by atoms with van der Waals surface area (Å²) in [5, 5.41) is 0. The standard InChI is InChI=1S/C10H14FNO2S/c1-9-3-5-10(6-4-9)15(13,14)12-8-2-7-11/h3-6,12H,2,7-8H2,1H3. The zero-order valence-electron chi connectivity index (χ0n) is 8.53. The molecule has 0 fully saturated rings. The second-order valence-electron chi connectivity index (χ2n) is 3.25. The summed E-state index contributed by atoms with van der Waals surface area (Å²) in [6.07, 6.45) is 0.199. The SMILES string of the molecule is Cc1ccc(S(=O)(=O)NCCCF)cc1. The van der Waals surface area contributed by atoms with Crippen molar-refractivity contribution in [1.82, 2.24) is 4.72 Å². The van der Waals surface area contributed by atoms with Crippen LogP contribution in [0.15, 0.2) is 29.2 Å². The molecule has 1 aromatic carbocycles. The molecule has 0 radical (unpaired) electrons. The third kappa shape index (κ3) is 3.60. The molecule has 0 aliphatic heterocycles. The summed E-state index contributed by atoms with van der Waals surface area (Å²) in [4.78, 5) is 0.215. The summed E-state index contributed by atoms with van der Waals surface area (Å²) in [6.45, 7) is 1.50. The maximum Gasteiger partial charge on any atom is 0.240 e. The second-order valence-corrected chi connectivity index (χ2v) is 5.02. The van der Waals surface area contributed by atoms with Gasteiger partial charge in [-0.15, -0.1) is 0 Å². The molecule has 0 aliphatic rings. The molecule has 0 amide bonds. The van der Waals surface area contributed by atoms with Gasteiger partial charge in [-0.2, -0.15) is 0 Å². The fourth-order valence-electron chi connectivity index (χ4n) is 1.07. The van der Waals surface area contributed by atoms with Crippen LogP contribution in [0.2, 0.25) is 0 Å². The van der Waals surface area contributed by atoms with Gasteiger partial charge in [0.1, 0.15) is 0 Å². The number of sulfonamides is 1. The molecule has 15 heavy (non-hydrogen) atoms. The van der Waals surface area contributed by atoms with Gasteiger partial charge in [0.15, 0.2) is 0 Å². The van der Waals surface area contributed by atoms with E-state index in [4.69, 9.17) is 0 Å². The molecule has 0 unspecified atom stereocenters. The van der Waals surface area contributed by atoms with Crippen molar-refractivity contribution in [2.24, 2.45) is 0 Å². The van der Waals surface area contributed by atoms with Crippen molar-refractivity contribution in [3.63, 3.8) is 0 Å². The van der Waals surface area contributed by atoms with Crippen LogP contribution >= 0.6 is 0 Å². The Labute approximate surface area is 89.4 Å². The number of halogens is 1. The summed E-state index contributed by atoms with van der Waals surface area (Å²) in [6, 6.07) is 6.52. The molecule has 0 spiro atoms. The van der Waals surface area contributed by atoms with Gasteiger partial charge in [0.05, 0.1) is 11.6 Å². The number of aryl methyl sites for hydroxylation is 1. The van der Waals surface area contributed by atoms with Gasteiger partial charge in [-0.05, 0) is 25.5 Å². The molecular weight excluding hydrogens is 217 g/mol. The van der Waals surface area contributed by atoms with Crippen LogP contribution in [0.3, 0.4) is 0 Å². The maximum absolute atomic E-state index is 11.8. The number of nitrogens with one attached hydrogen (secondary N) is 1. The van der Waals surface area contributed by atoms with E-state index in [0.717, 1.165) is 5.56 Å². The molecule has 0 aliphatic carbocycles. The first-order chi connectivity index (χ1) is 7.06. The number of alkyl halides is 1. The van der Waals surface area contributed by atoms with E-state index < -0.39 is 16.7 Å². The normalized spacial score (nSPS) is 11.6. The highest BCUT2D eigenvalue weighted by Crippen LogP contribution is 2.09. The van der Waals surface area contributed by atoms with E-state index in [1.807, 2.05) is 6.92 Å². The monoisotopic (exact) mass is 231 g/mol. The van der Waals surface area contributed by atoms with E-state index in [0.29, 0.717) is 0 Å². The van der Waals surface area contributed by atoms with E-state index in [-0.39, 0.29) is 17.9 Å². The zero-order valence-corrected chi connectivity index (χ0v) is 9.35. The van der Waals surface area contributed by atoms with Crippen LogP contribution < -0.4 is 4.72 Å². The third-order valence-electron chi connectivity index (χ3n) is 1.93. The van der Waals surface area contributed by atoms with Crippen molar-refractivity contribution >= 4 is 10.0 Å². The quantitative estimate of drug-likeness (QED) is 0.783. The van der Waals surface area contributed by atoms with Crippen LogP contribution in [0.4, 0.5) is 4.39 Å². The summed E-state index contributed by atoms with van der Waals surface area (Å²) in [5.74, 6) is 0. The Bertz CT molecular complexity index is 400. The minimum Gasteiger partial charge on any atom is -0.251 e. The Morgan fingerprint density at radius 1 is 1.27 bits per heavy atom. The number of hydrogen-bond donors (Lipinski definition) is 1. The average molecular weight is 231 g/mol. The van der Waals surface area contributed by atoms with Gasteiger partial charge in [0.2, 0.25) is 10.0 Å². The molecule has 1 rings (SSSR count). The number of benzene rings is 1. The summed E-state index contributed by atoms with van der Waals surface area (Å²) in [5.41, 5.74) is 0.998. The van der Waals surface area contributed by atoms with Gasteiger partial charge in [-0.3, -0.25) is 4.39 Å². The lowest BCUT2D eigenvalue weighted by atomic mass is 10.2. The molecule has 0 saturated carbocycles. The lowest BCUT2D eigenvalue weighted by Gasteiger charge is -2.05. The van der Waals surface area contributed by atoms with Crippen LogP contribution in [-0.2, 0) is 10.0 Å². The van der Waals surface area contributed by atoms with Crippen LogP contribution in [0, 0.1) is 6.92 Å². The van der Waals surface area contributed by atoms with Crippen molar-refractivity contribution in [1.29, 1.82) is 0 Å². The topological polar surface area (TPSA) is 46.2 Å². The van der Waals surface area contributed by atoms with Crippen LogP contribution in [0.1, 0.15) is 12.0 Å². The highest BCUT2D eigenvalue weighted by molar-refractivity contribution is 7.89. The van der Waals surface area contributed by atoms with Crippen molar-refractivity contribution in [3.05, 3.63) is 29.8 Å². The van der Waals surface area contributed by atoms with Gasteiger partial charge < -0.3 is 0 Å². The van der Waals surface area contributed by atoms with Gasteiger partial charge in [-0.25, -0.2) is 13.1 Å². The molecule has 0 saturated heterocycles. The van der Waals surface area contributed by atoms with Crippen molar-refractivity contribution < 1.29 is 12.8 Å². The predicted octanol–water partition coefficient (Wildman–Crippen LogP) is 1.63. The smallest absolute Gasteiger partial charge is 0.240 e. The fourth-order valence-corrected chi connectivity index (χ4v) is 2.15. The van der Waals surface area contributed by atoms with Crippen molar-refractivity contribution in [2.45, 2.75) is 18.2 Å². The first kappa shape index (κ1) is 12.1. The molecule has 3 nitrogen and oxygen atoms in total. The average Bonchev–Trinajstić information content (AvgIpc) is 2.18. The Balaban J connectivity index is 2.73. The van der Waals surface area contributed by atoms with E-state index >= 15 is 0 Å². The first-order valence-corrected chi connectivity index (χ1v) is 6.17. The molecule has 0 aromatic heterocycles. The van der Waals surface area contributed by atoms with Crippen molar-refractivity contribution in [3.8, 4) is 0 Å². The molecule has 84 valence electrons. The Morgan fingerprint density at radius 3 is 2.40 bits per heavy atom. The lowest BCUT2D eigenvalue weighted by molar-refractivity contribution is 0.470. The van der Waals surface area contributed by atoms with E-state index in [1.165, 1.54) is 12.1 Å². The zero-order chi connectivity index (χ0) is 11.3. The maximum atomic E-state index is 11.8. The summed E-state index contributed by atoms with van der Waals surface area (Å²) < 4.78 is 37.3. The highest BCUT2D eigenvalue weighted by Gasteiger charge is 2.11. The van der Waals surface area contributed by atoms with Gasteiger partial charge in [0, 0.05) is 6.54 Å². The highest BCUT2D eigenvalue weighted by atomic mass is 32.2. The summed E-state index contributed by atoms with van der Waals surface area (Å²) >= 11 is 0.